The number of methoxy groups -OCH3 is 5. The number of nitrogens with zero attached hydrogens (tertiary/aromatic N) is 2. The molecule has 4 aliphatic rings. The second-order valence-electron chi connectivity index (χ2n) is 14.6. The van der Waals surface area contributed by atoms with Crippen molar-refractivity contribution in [3.05, 3.63) is 123 Å². The molecule has 0 saturated heterocycles. The summed E-state index contributed by atoms with van der Waals surface area (Å²) in [5, 5.41) is 0. The summed E-state index contributed by atoms with van der Waals surface area (Å²) in [7, 11) is 12.7. The van der Waals surface area contributed by atoms with Crippen LogP contribution in [0.2, 0.25) is 0 Å². The van der Waals surface area contributed by atoms with Crippen LogP contribution in [0, 0.1) is 11.8 Å². The molecule has 4 heterocycles. The van der Waals surface area contributed by atoms with E-state index in [2.05, 4.69) is 72.1 Å². The van der Waals surface area contributed by atoms with Crippen LogP contribution < -0.4 is 33.2 Å². The molecule has 0 spiro atoms. The molecular formula is C47H48N2O7. The second-order valence-corrected chi connectivity index (χ2v) is 14.6. The van der Waals surface area contributed by atoms with E-state index in [1.165, 1.54) is 16.7 Å². The maximum Gasteiger partial charge on any atom is 0.205 e. The number of hydrogen-bond acceptors (Lipinski definition) is 9. The molecule has 0 aromatic heterocycles. The molecule has 0 fully saturated rings. The maximum atomic E-state index is 7.21. The minimum atomic E-state index is -0.128. The number of fused-ring (bicyclic) bond motifs is 2. The highest BCUT2D eigenvalue weighted by atomic mass is 16.5. The fraction of sp³-hybridized carbons (Fsp3) is 0.319. The van der Waals surface area contributed by atoms with Crippen LogP contribution in [0.15, 0.2) is 78.9 Å². The zero-order chi connectivity index (χ0) is 38.9. The third kappa shape index (κ3) is 6.95. The maximum absolute atomic E-state index is 7.21. The molecule has 0 saturated carbocycles. The van der Waals surface area contributed by atoms with Crippen molar-refractivity contribution in [3.63, 3.8) is 0 Å². The summed E-state index contributed by atoms with van der Waals surface area (Å²) in [6.45, 7) is 1.73. The molecule has 0 radical (unpaired) electrons. The molecule has 56 heavy (non-hydrogen) atoms. The fourth-order valence-corrected chi connectivity index (χ4v) is 8.35. The SMILES string of the molecule is COc1ccc(C#Cc2c3c4c(c(OC)c2OC)Oc2cc5c(cc2OC)CCN(C)[C@H]5Cc2ccc(cc2)Oc2cc(ccc2OC)C[C@@H]4N(C)CC3)cc1. The quantitative estimate of drug-likeness (QED) is 0.164. The first-order valence-electron chi connectivity index (χ1n) is 19.0. The summed E-state index contributed by atoms with van der Waals surface area (Å²) in [4.78, 5) is 4.79. The van der Waals surface area contributed by atoms with E-state index in [1.54, 1.807) is 35.5 Å². The average Bonchev–Trinajstić information content (AvgIpc) is 3.22. The summed E-state index contributed by atoms with van der Waals surface area (Å²) in [6.07, 6.45) is 3.10. The van der Waals surface area contributed by atoms with Crippen LogP contribution in [-0.4, -0.2) is 72.5 Å². The molecule has 9 nitrogen and oxygen atoms in total. The molecule has 0 unspecified atom stereocenters. The van der Waals surface area contributed by atoms with E-state index >= 15 is 0 Å². The van der Waals surface area contributed by atoms with Crippen molar-refractivity contribution in [3.8, 4) is 63.6 Å². The van der Waals surface area contributed by atoms with Gasteiger partial charge in [0.15, 0.2) is 34.5 Å². The Morgan fingerprint density at radius 1 is 0.607 bits per heavy atom. The minimum absolute atomic E-state index is 0.120. The van der Waals surface area contributed by atoms with Crippen molar-refractivity contribution in [2.75, 3.05) is 62.7 Å². The van der Waals surface area contributed by atoms with Gasteiger partial charge in [0.25, 0.3) is 0 Å². The lowest BCUT2D eigenvalue weighted by Gasteiger charge is -2.38. The lowest BCUT2D eigenvalue weighted by atomic mass is 9.84. The van der Waals surface area contributed by atoms with Crippen molar-refractivity contribution >= 4 is 0 Å². The van der Waals surface area contributed by atoms with Gasteiger partial charge in [0.2, 0.25) is 5.75 Å². The van der Waals surface area contributed by atoms with Crippen molar-refractivity contribution in [1.82, 2.24) is 9.80 Å². The van der Waals surface area contributed by atoms with Gasteiger partial charge in [-0.25, -0.2) is 0 Å². The van der Waals surface area contributed by atoms with E-state index in [9.17, 15) is 0 Å². The Morgan fingerprint density at radius 3 is 2.00 bits per heavy atom. The minimum Gasteiger partial charge on any atom is -0.497 e. The monoisotopic (exact) mass is 752 g/mol. The van der Waals surface area contributed by atoms with E-state index in [0.29, 0.717) is 46.7 Å². The lowest BCUT2D eigenvalue weighted by Crippen LogP contribution is -2.34. The number of benzene rings is 5. The van der Waals surface area contributed by atoms with Gasteiger partial charge in [-0.15, -0.1) is 0 Å². The molecule has 9 heteroatoms. The smallest absolute Gasteiger partial charge is 0.205 e. The molecule has 0 aliphatic carbocycles. The van der Waals surface area contributed by atoms with E-state index in [-0.39, 0.29) is 12.1 Å². The van der Waals surface area contributed by atoms with Crippen molar-refractivity contribution < 1.29 is 33.2 Å². The van der Waals surface area contributed by atoms with Crippen molar-refractivity contribution in [1.29, 1.82) is 0 Å². The zero-order valence-electron chi connectivity index (χ0n) is 33.2. The molecule has 2 atom stereocenters. The predicted molar refractivity (Wildman–Crippen MR) is 217 cm³/mol. The van der Waals surface area contributed by atoms with Gasteiger partial charge in [-0.1, -0.05) is 30.0 Å². The summed E-state index contributed by atoms with van der Waals surface area (Å²) < 4.78 is 43.5. The number of ether oxygens (including phenoxy) is 7. The normalized spacial score (nSPS) is 17.5. The van der Waals surface area contributed by atoms with E-state index in [0.717, 1.165) is 71.7 Å². The number of hydrogen-bond donors (Lipinski definition) is 0. The molecule has 5 aromatic carbocycles. The number of likely N-dealkylation sites (N-methyl/N-ethyl adjacent to an activating group) is 2. The molecule has 288 valence electrons. The van der Waals surface area contributed by atoms with E-state index in [4.69, 9.17) is 33.2 Å². The van der Waals surface area contributed by atoms with Gasteiger partial charge in [0.1, 0.15) is 11.5 Å². The Morgan fingerprint density at radius 2 is 1.29 bits per heavy atom. The second kappa shape index (κ2) is 15.7. The van der Waals surface area contributed by atoms with Crippen molar-refractivity contribution in [2.45, 2.75) is 37.8 Å². The molecular weight excluding hydrogens is 705 g/mol. The summed E-state index contributed by atoms with van der Waals surface area (Å²) in [5.74, 6) is 12.6. The summed E-state index contributed by atoms with van der Waals surface area (Å²) >= 11 is 0. The molecule has 4 aliphatic heterocycles. The first-order chi connectivity index (χ1) is 27.3. The Kier molecular flexibility index (Phi) is 10.4. The Balaban J connectivity index is 1.38. The lowest BCUT2D eigenvalue weighted by molar-refractivity contribution is 0.220. The molecule has 5 aromatic rings. The highest BCUT2D eigenvalue weighted by molar-refractivity contribution is 5.71. The molecule has 0 amide bonds. The van der Waals surface area contributed by atoms with Crippen LogP contribution in [0.25, 0.3) is 0 Å². The predicted octanol–water partition coefficient (Wildman–Crippen LogP) is 8.57. The highest BCUT2D eigenvalue weighted by Crippen LogP contribution is 2.53. The van der Waals surface area contributed by atoms with Gasteiger partial charge in [0, 0.05) is 36.3 Å². The zero-order valence-corrected chi connectivity index (χ0v) is 33.2. The largest absolute Gasteiger partial charge is 0.497 e. The fourth-order valence-electron chi connectivity index (χ4n) is 8.35. The first kappa shape index (κ1) is 37.1. The van der Waals surface area contributed by atoms with Gasteiger partial charge in [-0.3, -0.25) is 9.80 Å². The third-order valence-electron chi connectivity index (χ3n) is 11.4. The van der Waals surface area contributed by atoms with Crippen LogP contribution in [0.5, 0.6) is 51.7 Å². The Bertz CT molecular complexity index is 2310. The van der Waals surface area contributed by atoms with Gasteiger partial charge in [0.05, 0.1) is 41.1 Å². The summed E-state index contributed by atoms with van der Waals surface area (Å²) in [5.41, 5.74) is 8.46. The number of rotatable bonds is 5. The first-order valence-corrected chi connectivity index (χ1v) is 19.0. The topological polar surface area (TPSA) is 71.1 Å². The van der Waals surface area contributed by atoms with E-state index in [1.807, 2.05) is 42.5 Å². The van der Waals surface area contributed by atoms with Crippen LogP contribution in [0.3, 0.4) is 0 Å². The van der Waals surface area contributed by atoms with Crippen LogP contribution >= 0.6 is 0 Å². The summed E-state index contributed by atoms with van der Waals surface area (Å²) in [6, 6.07) is 26.6. The van der Waals surface area contributed by atoms with Crippen LogP contribution in [0.1, 0.15) is 56.6 Å². The Labute approximate surface area is 329 Å². The van der Waals surface area contributed by atoms with Gasteiger partial charge >= 0.3 is 0 Å². The van der Waals surface area contributed by atoms with Crippen molar-refractivity contribution in [2.24, 2.45) is 0 Å². The average molecular weight is 753 g/mol. The third-order valence-corrected chi connectivity index (χ3v) is 11.4. The van der Waals surface area contributed by atoms with Gasteiger partial charge in [-0.05, 0) is 128 Å². The molecule has 6 bridgehead atoms. The van der Waals surface area contributed by atoms with Gasteiger partial charge < -0.3 is 33.2 Å². The van der Waals surface area contributed by atoms with Crippen LogP contribution in [-0.2, 0) is 25.7 Å². The Hall–Kier alpha value is -5.82. The highest BCUT2D eigenvalue weighted by Gasteiger charge is 2.37. The van der Waals surface area contributed by atoms with Crippen LogP contribution in [0.4, 0.5) is 0 Å². The molecule has 0 N–H and O–H groups in total. The standard InChI is InChI=1S/C47H48N2O7/c1-48-22-20-32-27-41(52-5)43-28-37(32)38(48)24-30-10-16-34(17-11-30)55-42-26-31(13-19-40(42)51-4)25-39-44-35(21-23-49(39)2)36(45(53-6)47(54-7)46(44)56-43)18-12-29-8-14-33(50-3)15-9-29/h8-11,13-17,19,26-28,38-39H,20-25H2,1-7H3/t38-,39-/m0/s1. The van der Waals surface area contributed by atoms with Gasteiger partial charge in [-0.2, -0.15) is 0 Å². The van der Waals surface area contributed by atoms with E-state index < -0.39 is 0 Å². The molecule has 9 rings (SSSR count).